The zero-order valence-electron chi connectivity index (χ0n) is 31.4. The first-order chi connectivity index (χ1) is 27.3. The molecule has 1 unspecified atom stereocenters. The minimum Gasteiger partial charge on any atom is -0.373 e. The van der Waals surface area contributed by atoms with Gasteiger partial charge in [-0.25, -0.2) is 4.98 Å². The molecule has 6 heterocycles. The lowest BCUT2D eigenvalue weighted by molar-refractivity contribution is -0.136. The molecule has 3 N–H and O–H groups in total. The predicted octanol–water partition coefficient (Wildman–Crippen LogP) is 6.20. The number of carbonyl (C=O) groups is 4. The number of benzene rings is 3. The van der Waals surface area contributed by atoms with Gasteiger partial charge in [0.25, 0.3) is 11.8 Å². The standard InChI is InChI=1S/C44H45N7O5/c1-49-19-3-6-38(49)37-22-30-24-45-40(23-36(30)46-37)47-42(53)29-11-13-31(14-12-29)50-20-17-32(18-21-50)56-26-27-7-9-28(10-8-27)33-4-2-5-34-35(33)25-51(44(34)55)39-15-16-41(52)48-43(39)54/h2,4-5,7-14,22-24,32,38-39,46H,3,6,15-21,25-26H2,1H3,(H,45,47,53)(H,48,52,54)/t38-,39?/m1/s1. The van der Waals surface area contributed by atoms with E-state index >= 15 is 0 Å². The summed E-state index contributed by atoms with van der Waals surface area (Å²) < 4.78 is 6.35. The number of anilines is 2. The molecule has 2 atom stereocenters. The van der Waals surface area contributed by atoms with Gasteiger partial charge in [0, 0.05) is 72.3 Å². The van der Waals surface area contributed by atoms with E-state index in [9.17, 15) is 19.2 Å². The topological polar surface area (TPSA) is 140 Å². The van der Waals surface area contributed by atoms with Gasteiger partial charge in [0.15, 0.2) is 0 Å². The van der Waals surface area contributed by atoms with Crippen LogP contribution in [0.15, 0.2) is 85.1 Å². The van der Waals surface area contributed by atoms with E-state index in [-0.39, 0.29) is 30.2 Å². The van der Waals surface area contributed by atoms with E-state index in [4.69, 9.17) is 4.74 Å². The number of fused-ring (bicyclic) bond motifs is 2. The van der Waals surface area contributed by atoms with Gasteiger partial charge in [-0.3, -0.25) is 29.4 Å². The van der Waals surface area contributed by atoms with E-state index in [1.807, 2.05) is 54.7 Å². The fraction of sp³-hybridized carbons (Fsp3) is 0.341. The van der Waals surface area contributed by atoms with Gasteiger partial charge in [-0.15, -0.1) is 0 Å². The molecular weight excluding hydrogens is 707 g/mol. The van der Waals surface area contributed by atoms with Crippen LogP contribution in [0.5, 0.6) is 0 Å². The van der Waals surface area contributed by atoms with Gasteiger partial charge < -0.3 is 24.8 Å². The van der Waals surface area contributed by atoms with Crippen molar-refractivity contribution in [3.63, 3.8) is 0 Å². The maximum atomic E-state index is 13.3. The number of aromatic nitrogens is 2. The first-order valence-electron chi connectivity index (χ1n) is 19.6. The van der Waals surface area contributed by atoms with Crippen LogP contribution in [0.4, 0.5) is 11.5 Å². The van der Waals surface area contributed by atoms with E-state index in [0.717, 1.165) is 77.7 Å². The van der Waals surface area contributed by atoms with Crippen LogP contribution in [0.1, 0.15) is 82.1 Å². The molecular formula is C44H45N7O5. The lowest BCUT2D eigenvalue weighted by Gasteiger charge is -2.33. The van der Waals surface area contributed by atoms with Crippen molar-refractivity contribution >= 4 is 46.0 Å². The number of hydrogen-bond acceptors (Lipinski definition) is 8. The van der Waals surface area contributed by atoms with Crippen LogP contribution in [-0.2, 0) is 27.5 Å². The highest BCUT2D eigenvalue weighted by atomic mass is 16.5. The summed E-state index contributed by atoms with van der Waals surface area (Å²) in [7, 11) is 2.16. The fourth-order valence-corrected chi connectivity index (χ4v) is 8.74. The van der Waals surface area contributed by atoms with Crippen LogP contribution >= 0.6 is 0 Å². The Balaban J connectivity index is 0.755. The van der Waals surface area contributed by atoms with E-state index in [2.05, 4.69) is 67.8 Å². The Morgan fingerprint density at radius 2 is 1.68 bits per heavy atom. The Kier molecular flexibility index (Phi) is 9.60. The second-order valence-electron chi connectivity index (χ2n) is 15.4. The molecule has 4 amide bonds. The second-order valence-corrected chi connectivity index (χ2v) is 15.4. The number of likely N-dealkylation sites (tertiary alicyclic amines) is 1. The number of pyridine rings is 1. The van der Waals surface area contributed by atoms with Gasteiger partial charge in [-0.05, 0) is 104 Å². The highest BCUT2D eigenvalue weighted by molar-refractivity contribution is 6.06. The molecule has 4 aliphatic rings. The Bertz CT molecular complexity index is 2310. The Morgan fingerprint density at radius 3 is 2.43 bits per heavy atom. The largest absolute Gasteiger partial charge is 0.373 e. The van der Waals surface area contributed by atoms with Crippen molar-refractivity contribution in [2.24, 2.45) is 0 Å². The Hall–Kier alpha value is -5.85. The number of nitrogens with one attached hydrogen (secondary N) is 3. The fourth-order valence-electron chi connectivity index (χ4n) is 8.74. The molecule has 0 radical (unpaired) electrons. The molecule has 0 bridgehead atoms. The molecule has 286 valence electrons. The average molecular weight is 752 g/mol. The normalized spacial score (nSPS) is 20.5. The molecule has 12 heteroatoms. The van der Waals surface area contributed by atoms with Crippen LogP contribution in [0.25, 0.3) is 22.0 Å². The third-order valence-corrected chi connectivity index (χ3v) is 11.9. The number of carbonyl (C=O) groups excluding carboxylic acids is 4. The van der Waals surface area contributed by atoms with Crippen LogP contribution < -0.4 is 15.5 Å². The van der Waals surface area contributed by atoms with Crippen molar-refractivity contribution < 1.29 is 23.9 Å². The number of hydrogen-bond donors (Lipinski definition) is 3. The maximum absolute atomic E-state index is 13.3. The Morgan fingerprint density at radius 1 is 0.893 bits per heavy atom. The van der Waals surface area contributed by atoms with Crippen LogP contribution in [-0.4, -0.2) is 82.2 Å². The molecule has 0 spiro atoms. The van der Waals surface area contributed by atoms with Gasteiger partial charge in [0.1, 0.15) is 11.9 Å². The van der Waals surface area contributed by atoms with Crippen molar-refractivity contribution in [2.75, 3.05) is 36.9 Å². The number of amides is 4. The van der Waals surface area contributed by atoms with Crippen LogP contribution in [0.2, 0.25) is 0 Å². The number of imide groups is 1. The molecule has 3 saturated heterocycles. The third kappa shape index (κ3) is 7.06. The quantitative estimate of drug-likeness (QED) is 0.152. The molecule has 12 nitrogen and oxygen atoms in total. The van der Waals surface area contributed by atoms with Gasteiger partial charge in [0.2, 0.25) is 11.8 Å². The SMILES string of the molecule is CN1CCC[C@@H]1c1cc2cnc(NC(=O)c3ccc(N4CCC(OCc5ccc(-c6cccc7c6CN(C6CCC(=O)NC6=O)C7=O)cc5)CC4)cc3)cc2[nH]1. The summed E-state index contributed by atoms with van der Waals surface area (Å²) in [5.41, 5.74) is 8.37. The van der Waals surface area contributed by atoms with Crippen molar-refractivity contribution in [3.8, 4) is 11.1 Å². The van der Waals surface area contributed by atoms with Gasteiger partial charge in [-0.2, -0.15) is 0 Å². The summed E-state index contributed by atoms with van der Waals surface area (Å²) in [5.74, 6) is -0.541. The van der Waals surface area contributed by atoms with E-state index in [1.54, 1.807) is 4.90 Å². The van der Waals surface area contributed by atoms with Crippen molar-refractivity contribution in [1.29, 1.82) is 0 Å². The molecule has 56 heavy (non-hydrogen) atoms. The number of aromatic amines is 1. The second kappa shape index (κ2) is 15.0. The molecule has 0 saturated carbocycles. The minimum absolute atomic E-state index is 0.150. The molecule has 2 aromatic heterocycles. The van der Waals surface area contributed by atoms with E-state index < -0.39 is 11.9 Å². The highest BCUT2D eigenvalue weighted by Crippen LogP contribution is 2.36. The minimum atomic E-state index is -0.640. The summed E-state index contributed by atoms with van der Waals surface area (Å²) >= 11 is 0. The first-order valence-corrected chi connectivity index (χ1v) is 19.6. The molecule has 9 rings (SSSR count). The lowest BCUT2D eigenvalue weighted by Crippen LogP contribution is -2.52. The summed E-state index contributed by atoms with van der Waals surface area (Å²) in [6.45, 7) is 3.67. The van der Waals surface area contributed by atoms with Crippen LogP contribution in [0, 0.1) is 0 Å². The lowest BCUT2D eigenvalue weighted by atomic mass is 9.96. The maximum Gasteiger partial charge on any atom is 0.256 e. The summed E-state index contributed by atoms with van der Waals surface area (Å²) in [4.78, 5) is 64.9. The monoisotopic (exact) mass is 751 g/mol. The zero-order valence-corrected chi connectivity index (χ0v) is 31.4. The molecule has 3 fully saturated rings. The van der Waals surface area contributed by atoms with Crippen molar-refractivity contribution in [2.45, 2.75) is 69.9 Å². The number of nitrogens with zero attached hydrogens (tertiary/aromatic N) is 4. The molecule has 3 aromatic carbocycles. The van der Waals surface area contributed by atoms with E-state index in [0.29, 0.717) is 42.6 Å². The molecule has 0 aliphatic carbocycles. The molecule has 4 aliphatic heterocycles. The number of rotatable bonds is 9. The highest BCUT2D eigenvalue weighted by Gasteiger charge is 2.40. The number of H-pyrrole nitrogens is 1. The van der Waals surface area contributed by atoms with Gasteiger partial charge >= 0.3 is 0 Å². The van der Waals surface area contributed by atoms with Gasteiger partial charge in [-0.1, -0.05) is 36.4 Å². The van der Waals surface area contributed by atoms with E-state index in [1.165, 1.54) is 12.1 Å². The Labute approximate surface area is 325 Å². The molecule has 5 aromatic rings. The van der Waals surface area contributed by atoms with Crippen molar-refractivity contribution in [1.82, 2.24) is 25.1 Å². The average Bonchev–Trinajstić information content (AvgIpc) is 3.94. The number of ether oxygens (including phenoxy) is 1. The predicted molar refractivity (Wildman–Crippen MR) is 213 cm³/mol. The zero-order chi connectivity index (χ0) is 38.3. The number of piperidine rings is 2. The first kappa shape index (κ1) is 35.8. The smallest absolute Gasteiger partial charge is 0.256 e. The summed E-state index contributed by atoms with van der Waals surface area (Å²) in [6.07, 6.45) is 6.68. The summed E-state index contributed by atoms with van der Waals surface area (Å²) in [5, 5.41) is 6.38. The third-order valence-electron chi connectivity index (χ3n) is 11.9. The van der Waals surface area contributed by atoms with Crippen LogP contribution in [0.3, 0.4) is 0 Å². The van der Waals surface area contributed by atoms with Gasteiger partial charge in [0.05, 0.1) is 18.2 Å². The van der Waals surface area contributed by atoms with Crippen molar-refractivity contribution in [3.05, 3.63) is 113 Å². The summed E-state index contributed by atoms with van der Waals surface area (Å²) in [6, 6.07) is 25.5.